The van der Waals surface area contributed by atoms with Gasteiger partial charge >= 0.3 is 0 Å². The van der Waals surface area contributed by atoms with Gasteiger partial charge in [0.1, 0.15) is 0 Å². The van der Waals surface area contributed by atoms with Crippen molar-refractivity contribution >= 4 is 26.0 Å². The van der Waals surface area contributed by atoms with Crippen molar-refractivity contribution in [2.24, 2.45) is 0 Å². The molecular formula is C14H20BrNO2S. The zero-order chi connectivity index (χ0) is 14.0. The fourth-order valence-electron chi connectivity index (χ4n) is 2.56. The van der Waals surface area contributed by atoms with Gasteiger partial charge in [-0.3, -0.25) is 0 Å². The largest absolute Gasteiger partial charge is 0.243 e. The molecule has 19 heavy (non-hydrogen) atoms. The van der Waals surface area contributed by atoms with Crippen LogP contribution in [-0.4, -0.2) is 30.6 Å². The summed E-state index contributed by atoms with van der Waals surface area (Å²) in [7, 11) is -3.37. The maximum atomic E-state index is 12.8. The maximum absolute atomic E-state index is 12.8. The quantitative estimate of drug-likeness (QED) is 0.788. The highest BCUT2D eigenvalue weighted by atomic mass is 79.9. The van der Waals surface area contributed by atoms with E-state index in [1.165, 1.54) is 0 Å². The fraction of sp³-hybridized carbons (Fsp3) is 0.571. The first kappa shape index (κ1) is 15.0. The van der Waals surface area contributed by atoms with E-state index in [4.69, 9.17) is 0 Å². The Hall–Kier alpha value is -0.390. The van der Waals surface area contributed by atoms with Crippen LogP contribution in [-0.2, 0) is 10.0 Å². The van der Waals surface area contributed by atoms with E-state index in [0.29, 0.717) is 16.8 Å². The highest BCUT2D eigenvalue weighted by Crippen LogP contribution is 2.28. The van der Waals surface area contributed by atoms with Gasteiger partial charge in [-0.25, -0.2) is 8.42 Å². The van der Waals surface area contributed by atoms with E-state index in [2.05, 4.69) is 15.9 Å². The zero-order valence-electron chi connectivity index (χ0n) is 11.4. The van der Waals surface area contributed by atoms with Gasteiger partial charge in [-0.05, 0) is 43.9 Å². The molecule has 0 saturated carbocycles. The van der Waals surface area contributed by atoms with Crippen LogP contribution < -0.4 is 0 Å². The Morgan fingerprint density at radius 2 is 2.05 bits per heavy atom. The third-order valence-corrected chi connectivity index (χ3v) is 6.52. The molecule has 0 bridgehead atoms. The molecule has 1 aromatic rings. The van der Waals surface area contributed by atoms with Crippen LogP contribution in [0.15, 0.2) is 23.1 Å². The Labute approximate surface area is 124 Å². The smallest absolute Gasteiger partial charge is 0.207 e. The highest BCUT2D eigenvalue weighted by Gasteiger charge is 2.33. The molecule has 1 aliphatic rings. The van der Waals surface area contributed by atoms with Crippen molar-refractivity contribution in [1.29, 1.82) is 0 Å². The second-order valence-electron chi connectivity index (χ2n) is 5.19. The van der Waals surface area contributed by atoms with E-state index in [1.54, 1.807) is 10.4 Å². The van der Waals surface area contributed by atoms with E-state index in [-0.39, 0.29) is 6.04 Å². The fourth-order valence-corrected chi connectivity index (χ4v) is 5.43. The van der Waals surface area contributed by atoms with Gasteiger partial charge in [0.05, 0.1) is 4.90 Å². The van der Waals surface area contributed by atoms with Crippen molar-refractivity contribution in [2.75, 3.05) is 11.9 Å². The molecule has 0 N–H and O–H groups in total. The van der Waals surface area contributed by atoms with Gasteiger partial charge < -0.3 is 0 Å². The van der Waals surface area contributed by atoms with E-state index in [1.807, 2.05) is 26.0 Å². The van der Waals surface area contributed by atoms with Crippen molar-refractivity contribution in [3.05, 3.63) is 29.3 Å². The van der Waals surface area contributed by atoms with Crippen molar-refractivity contribution in [3.63, 3.8) is 0 Å². The number of piperidine rings is 1. The lowest BCUT2D eigenvalue weighted by Gasteiger charge is -2.34. The molecule has 0 radical (unpaired) electrons. The molecular weight excluding hydrogens is 326 g/mol. The third kappa shape index (κ3) is 3.03. The molecule has 1 aromatic carbocycles. The Morgan fingerprint density at radius 3 is 2.74 bits per heavy atom. The number of aryl methyl sites for hydroxylation is 2. The van der Waals surface area contributed by atoms with Gasteiger partial charge in [0, 0.05) is 17.9 Å². The van der Waals surface area contributed by atoms with Crippen LogP contribution in [0, 0.1) is 13.8 Å². The number of rotatable bonds is 3. The minimum Gasteiger partial charge on any atom is -0.207 e. The lowest BCUT2D eigenvalue weighted by atomic mass is 10.1. The summed E-state index contributed by atoms with van der Waals surface area (Å²) in [5.74, 6) is 0. The highest BCUT2D eigenvalue weighted by molar-refractivity contribution is 9.09. The molecule has 1 atom stereocenters. The average molecular weight is 346 g/mol. The first-order valence-corrected chi connectivity index (χ1v) is 9.18. The van der Waals surface area contributed by atoms with E-state index < -0.39 is 10.0 Å². The Morgan fingerprint density at radius 1 is 1.32 bits per heavy atom. The second kappa shape index (κ2) is 5.94. The molecule has 3 nitrogen and oxygen atoms in total. The van der Waals surface area contributed by atoms with Crippen LogP contribution in [0.5, 0.6) is 0 Å². The topological polar surface area (TPSA) is 37.4 Å². The van der Waals surface area contributed by atoms with E-state index in [9.17, 15) is 8.42 Å². The normalized spacial score (nSPS) is 21.5. The molecule has 106 valence electrons. The summed E-state index contributed by atoms with van der Waals surface area (Å²) in [5, 5.41) is 0.705. The lowest BCUT2D eigenvalue weighted by molar-refractivity contribution is 0.273. The first-order chi connectivity index (χ1) is 8.96. The van der Waals surface area contributed by atoms with Crippen molar-refractivity contribution in [1.82, 2.24) is 4.31 Å². The van der Waals surface area contributed by atoms with Crippen LogP contribution >= 0.6 is 15.9 Å². The van der Waals surface area contributed by atoms with Gasteiger partial charge in [-0.1, -0.05) is 34.5 Å². The van der Waals surface area contributed by atoms with Crippen LogP contribution in [0.1, 0.15) is 30.4 Å². The molecule has 1 heterocycles. The second-order valence-corrected chi connectivity index (χ2v) is 7.70. The predicted octanol–water partition coefficient (Wildman–Crippen LogP) is 3.24. The molecule has 0 spiro atoms. The van der Waals surface area contributed by atoms with E-state index >= 15 is 0 Å². The molecule has 1 unspecified atom stereocenters. The summed E-state index contributed by atoms with van der Waals surface area (Å²) in [4.78, 5) is 0.459. The molecule has 2 rings (SSSR count). The number of sulfonamides is 1. The van der Waals surface area contributed by atoms with Crippen LogP contribution in [0.3, 0.4) is 0 Å². The van der Waals surface area contributed by atoms with Crippen molar-refractivity contribution in [2.45, 2.75) is 44.0 Å². The standard InChI is InChI=1S/C14H20BrNO2S/c1-11-6-7-12(2)14(9-11)19(17,18)16-8-4-3-5-13(16)10-15/h6-7,9,13H,3-5,8,10H2,1-2H3. The van der Waals surface area contributed by atoms with Crippen molar-refractivity contribution < 1.29 is 8.42 Å². The summed E-state index contributed by atoms with van der Waals surface area (Å²) in [6.45, 7) is 4.42. The molecule has 1 aliphatic heterocycles. The monoisotopic (exact) mass is 345 g/mol. The maximum Gasteiger partial charge on any atom is 0.243 e. The van der Waals surface area contributed by atoms with Gasteiger partial charge in [0.15, 0.2) is 0 Å². The summed E-state index contributed by atoms with van der Waals surface area (Å²) < 4.78 is 27.3. The SMILES string of the molecule is Cc1ccc(C)c(S(=O)(=O)N2CCCCC2CBr)c1. The van der Waals surface area contributed by atoms with Crippen molar-refractivity contribution in [3.8, 4) is 0 Å². The molecule has 5 heteroatoms. The van der Waals surface area contributed by atoms with Crippen LogP contribution in [0.4, 0.5) is 0 Å². The number of hydrogen-bond acceptors (Lipinski definition) is 2. The molecule has 0 aliphatic carbocycles. The number of alkyl halides is 1. The molecule has 1 saturated heterocycles. The Kier molecular flexibility index (Phi) is 4.69. The number of nitrogens with zero attached hydrogens (tertiary/aromatic N) is 1. The average Bonchev–Trinajstić information content (AvgIpc) is 2.41. The predicted molar refractivity (Wildman–Crippen MR) is 81.2 cm³/mol. The number of halogens is 1. The van der Waals surface area contributed by atoms with Gasteiger partial charge in [0.25, 0.3) is 0 Å². The van der Waals surface area contributed by atoms with E-state index in [0.717, 1.165) is 30.4 Å². The first-order valence-electron chi connectivity index (χ1n) is 6.62. The Bertz CT molecular complexity index is 557. The molecule has 0 amide bonds. The van der Waals surface area contributed by atoms with Crippen LogP contribution in [0.2, 0.25) is 0 Å². The Balaban J connectivity index is 2.43. The summed E-state index contributed by atoms with van der Waals surface area (Å²) in [6.07, 6.45) is 3.00. The summed E-state index contributed by atoms with van der Waals surface area (Å²) in [6, 6.07) is 5.70. The van der Waals surface area contributed by atoms with Crippen LogP contribution in [0.25, 0.3) is 0 Å². The number of benzene rings is 1. The third-order valence-electron chi connectivity index (χ3n) is 3.68. The lowest BCUT2D eigenvalue weighted by Crippen LogP contribution is -2.44. The van der Waals surface area contributed by atoms with Gasteiger partial charge in [0.2, 0.25) is 10.0 Å². The number of hydrogen-bond donors (Lipinski definition) is 0. The molecule has 1 fully saturated rings. The molecule has 0 aromatic heterocycles. The summed E-state index contributed by atoms with van der Waals surface area (Å²) in [5.41, 5.74) is 1.81. The van der Waals surface area contributed by atoms with Gasteiger partial charge in [-0.2, -0.15) is 4.31 Å². The minimum atomic E-state index is -3.37. The summed E-state index contributed by atoms with van der Waals surface area (Å²) >= 11 is 3.44. The zero-order valence-corrected chi connectivity index (χ0v) is 13.8. The van der Waals surface area contributed by atoms with Gasteiger partial charge in [-0.15, -0.1) is 0 Å². The minimum absolute atomic E-state index is 0.0821.